The maximum atomic E-state index is 14.2. The van der Waals surface area contributed by atoms with Crippen molar-refractivity contribution in [3.8, 4) is 33.4 Å². The molecule has 22 rings (SSSR count). The van der Waals surface area contributed by atoms with E-state index in [0.717, 1.165) is 80.3 Å². The van der Waals surface area contributed by atoms with Gasteiger partial charge in [0.25, 0.3) is 25.1 Å². The summed E-state index contributed by atoms with van der Waals surface area (Å²) in [5, 5.41) is 0. The highest BCUT2D eigenvalue weighted by Gasteiger charge is 2.57. The van der Waals surface area contributed by atoms with Crippen molar-refractivity contribution in [1.82, 2.24) is 0 Å². The van der Waals surface area contributed by atoms with Crippen LogP contribution in [0, 0.1) is 56.0 Å². The molecule has 3 fully saturated rings. The molecule has 0 unspecified atom stereocenters. The Morgan fingerprint density at radius 3 is 0.646 bits per heavy atom. The molecule has 0 bridgehead atoms. The van der Waals surface area contributed by atoms with Crippen LogP contribution in [0.25, 0.3) is 55.3 Å². The molecule has 4 heterocycles. The first-order chi connectivity index (χ1) is 71.3. The van der Waals surface area contributed by atoms with E-state index in [1.54, 1.807) is 22.1 Å². The summed E-state index contributed by atoms with van der Waals surface area (Å²) in [7, 11) is 19.3. The van der Waals surface area contributed by atoms with E-state index in [1.807, 2.05) is 36.4 Å². The summed E-state index contributed by atoms with van der Waals surface area (Å²) >= 11 is 0. The van der Waals surface area contributed by atoms with Crippen LogP contribution in [0.2, 0.25) is 0 Å². The van der Waals surface area contributed by atoms with E-state index in [-0.39, 0.29) is 17.5 Å². The van der Waals surface area contributed by atoms with Crippen molar-refractivity contribution in [1.29, 1.82) is 0 Å². The van der Waals surface area contributed by atoms with Crippen molar-refractivity contribution in [2.24, 2.45) is 17.8 Å². The Hall–Kier alpha value is -12.9. The molecular formula is C136H151B4F3N4. The first-order valence-corrected chi connectivity index (χ1v) is 55.2. The van der Waals surface area contributed by atoms with Crippen LogP contribution in [-0.2, 0) is 0 Å². The smallest absolute Gasteiger partial charge is 0.291 e. The molecule has 0 amide bonds. The molecule has 0 aromatic heterocycles. The van der Waals surface area contributed by atoms with Crippen LogP contribution in [0.15, 0.2) is 423 Å². The summed E-state index contributed by atoms with van der Waals surface area (Å²) in [5.74, 6) is 1.11. The van der Waals surface area contributed by atoms with Gasteiger partial charge in [0.2, 0.25) is 0 Å². The highest BCUT2D eigenvalue weighted by atomic mass is 19.1. The van der Waals surface area contributed by atoms with Crippen LogP contribution in [0.4, 0.5) is 13.2 Å². The molecule has 4 nitrogen and oxygen atoms in total. The highest BCUT2D eigenvalue weighted by Crippen LogP contribution is 2.51. The van der Waals surface area contributed by atoms with E-state index < -0.39 is 25.1 Å². The van der Waals surface area contributed by atoms with Crippen LogP contribution < -0.4 is 43.7 Å². The van der Waals surface area contributed by atoms with Gasteiger partial charge in [0.1, 0.15) is 17.5 Å². The second-order valence-electron chi connectivity index (χ2n) is 46.7. The molecule has 4 aliphatic heterocycles. The van der Waals surface area contributed by atoms with E-state index in [9.17, 15) is 13.2 Å². The van der Waals surface area contributed by atoms with Crippen LogP contribution in [0.3, 0.4) is 0 Å². The van der Waals surface area contributed by atoms with Gasteiger partial charge < -0.3 is 17.6 Å². The fourth-order valence-electron chi connectivity index (χ4n) is 29.5. The molecule has 3 saturated carbocycles. The third-order valence-electron chi connectivity index (χ3n) is 36.9. The number of halogens is 3. The minimum atomic E-state index is -1.68. The molecular weight excluding hydrogens is 1790 g/mol. The van der Waals surface area contributed by atoms with Crippen LogP contribution in [0.1, 0.15) is 168 Å². The summed E-state index contributed by atoms with van der Waals surface area (Å²) in [6.45, 7) is 13.4. The number of nitrogens with zero attached hydrogens (tertiary/aromatic N) is 4. The van der Waals surface area contributed by atoms with E-state index in [2.05, 4.69) is 412 Å². The van der Waals surface area contributed by atoms with Crippen molar-refractivity contribution >= 4 is 90.7 Å². The lowest BCUT2D eigenvalue weighted by Gasteiger charge is -2.62. The molecule has 3 aliphatic carbocycles. The molecule has 15 aromatic rings. The molecule has 0 saturated heterocycles. The van der Waals surface area contributed by atoms with Gasteiger partial charge in [-0.25, -0.2) is 13.2 Å². The van der Waals surface area contributed by atoms with Crippen LogP contribution >= 0.6 is 0 Å². The van der Waals surface area contributed by atoms with E-state index in [0.29, 0.717) is 10.3 Å². The fourth-order valence-corrected chi connectivity index (χ4v) is 29.5. The van der Waals surface area contributed by atoms with Crippen molar-refractivity contribution in [3.05, 3.63) is 479 Å². The monoisotopic (exact) mass is 1940 g/mol. The van der Waals surface area contributed by atoms with Gasteiger partial charge in [0, 0.05) is 108 Å². The molecule has 11 heteroatoms. The first-order valence-electron chi connectivity index (χ1n) is 55.2. The van der Waals surface area contributed by atoms with E-state index in [4.69, 9.17) is 0 Å². The second-order valence-corrected chi connectivity index (χ2v) is 46.7. The zero-order chi connectivity index (χ0) is 102. The number of hydrogen-bond acceptors (Lipinski definition) is 0. The Morgan fingerprint density at radius 1 is 0.184 bits per heavy atom. The standard InChI is InChI=1S/C43H40BN.C33H42BN.C30H33BF3N.C30H36BN/c1-33-31-32-45(2,3)44(41-27-23-38(24-28-41)35-15-9-5-10-16-35,42-29-25-39(26-30-42)36-17-11-6-12-18-36)43(33)40-21-19-37(20-22-40)34-13-7-4-8-14-34;1-25-11-17-29(18-12-25)33-32(28-9-7-6-8-10-28)23-24-35(4,5)34(33,30-19-13-26(2)14-20-30)31-21-15-27(3)16-22-31;1-35(2)21-20-29(22-6-4-3-5-7-22)30(23-8-14-26(32)15-9-23)31(35,24-10-16-27(33)17-11-24)25-12-18-28(34)19-13-25;1-32(2)24-23-29(25-15-7-3-8-16-25)30(26-17-9-4-10-18-26)31(32,27-19-11-5-12-20-27)28-21-13-6-14-22-28/h4-30H,31-32H2,1-3H3;11-22,28H,6-10,23-24H2,1-5H3;8-19,22H,3-7,20-21H2,1-2H3;4-6,9-14,17-22,25H,3,7-8,15-16,23-24H2,1-2H3. The van der Waals surface area contributed by atoms with Crippen molar-refractivity contribution < 1.29 is 30.7 Å². The highest BCUT2D eigenvalue weighted by molar-refractivity contribution is 7.12. The van der Waals surface area contributed by atoms with Gasteiger partial charge in [0.05, 0.1) is 0 Å². The zero-order valence-corrected chi connectivity index (χ0v) is 89.3. The van der Waals surface area contributed by atoms with Gasteiger partial charge >= 0.3 is 0 Å². The van der Waals surface area contributed by atoms with Crippen molar-refractivity contribution in [3.63, 3.8) is 0 Å². The van der Waals surface area contributed by atoms with Gasteiger partial charge in [-0.2, -0.15) is 0 Å². The topological polar surface area (TPSA) is 0 Å². The lowest BCUT2D eigenvalue weighted by molar-refractivity contribution is -0.787. The van der Waals surface area contributed by atoms with Gasteiger partial charge in [-0.1, -0.05) is 483 Å². The SMILES string of the molecule is CC1=C(c2ccc(-c3ccccc3)cc2)[B-](c2ccc(-c3ccccc3)cc2)(c2ccc(-c3ccccc3)cc2)[N+](C)(C)CC1.C[N+]1(C)CCC(C2CCCCC2)=C(c2ccc(F)cc2)[B-]1(c1ccc(F)cc1)c1ccc(F)cc1.C[N+]1(C)CCC(C2CCCCC2)=C(c2ccccc2)[B-]1(c1ccccc1)c1ccccc1.Cc1ccc(C2=C(C3CCCCC3)CC[N+](C)(C)[B-]2(c2ccc(C)cc2)c2ccc(C)cc2)cc1. The van der Waals surface area contributed by atoms with Crippen molar-refractivity contribution in [2.75, 3.05) is 82.6 Å². The maximum absolute atomic E-state index is 14.2. The molecule has 15 aromatic carbocycles. The molecule has 7 aliphatic rings. The Balaban J connectivity index is 0.000000125. The third kappa shape index (κ3) is 20.1. The van der Waals surface area contributed by atoms with Gasteiger partial charge in [-0.3, -0.25) is 0 Å². The molecule has 748 valence electrons. The summed E-state index contributed by atoms with van der Waals surface area (Å²) in [4.78, 5) is 0. The van der Waals surface area contributed by atoms with Crippen LogP contribution in [-0.4, -0.2) is 125 Å². The minimum absolute atomic E-state index is 0.264. The molecule has 0 atom stereocenters. The Labute approximate surface area is 877 Å². The zero-order valence-electron chi connectivity index (χ0n) is 89.3. The normalized spacial score (nSPS) is 18.9. The molecule has 0 N–H and O–H groups in total. The fraction of sp³-hybridized carbons (Fsp3) is 0.279. The second kappa shape index (κ2) is 44.3. The largest absolute Gasteiger partial charge is 0.509 e. The predicted molar refractivity (Wildman–Crippen MR) is 627 cm³/mol. The van der Waals surface area contributed by atoms with Gasteiger partial charge in [0.15, 0.2) is 0 Å². The summed E-state index contributed by atoms with van der Waals surface area (Å²) in [6, 6.07) is 144. The average molecular weight is 1940 g/mol. The molecule has 0 radical (unpaired) electrons. The maximum Gasteiger partial charge on any atom is 0.291 e. The van der Waals surface area contributed by atoms with Crippen molar-refractivity contribution in [2.45, 2.75) is 150 Å². The molecule has 147 heavy (non-hydrogen) atoms. The molecule has 0 spiro atoms. The Kier molecular flexibility index (Phi) is 30.9. The summed E-state index contributed by atoms with van der Waals surface area (Å²) in [5.41, 5.74) is 39.8. The van der Waals surface area contributed by atoms with E-state index >= 15 is 0 Å². The lowest BCUT2D eigenvalue weighted by Crippen LogP contribution is -2.79. The Morgan fingerprint density at radius 2 is 0.361 bits per heavy atom. The Bertz CT molecular complexity index is 6690. The van der Waals surface area contributed by atoms with Gasteiger partial charge in [-0.15, -0.1) is 65.6 Å². The summed E-state index contributed by atoms with van der Waals surface area (Å²) in [6.07, 6.45) is 18.7. The number of rotatable bonds is 18. The lowest BCUT2D eigenvalue weighted by atomic mass is 9.19. The number of quaternary nitrogens is 4. The van der Waals surface area contributed by atoms with Crippen LogP contribution in [0.5, 0.6) is 0 Å². The average Bonchev–Trinajstić information content (AvgIpc) is 0.362. The third-order valence-corrected chi connectivity index (χ3v) is 36.9. The number of aryl methyl sites for hydroxylation is 3. The minimum Gasteiger partial charge on any atom is -0.509 e. The number of hydrogen-bond donors (Lipinski definition) is 0. The predicted octanol–water partition coefficient (Wildman–Crippen LogP) is 28.0. The van der Waals surface area contributed by atoms with Gasteiger partial charge in [-0.05, 0) is 154 Å². The number of benzene rings is 15. The first kappa shape index (κ1) is 103. The van der Waals surface area contributed by atoms with E-state index in [1.165, 1.54) is 267 Å². The quantitative estimate of drug-likeness (QED) is 0.0751. The summed E-state index contributed by atoms with van der Waals surface area (Å²) < 4.78 is 45.9.